The van der Waals surface area contributed by atoms with E-state index in [4.69, 9.17) is 5.21 Å². The smallest absolute Gasteiger partial charge is 0.204 e. The lowest BCUT2D eigenvalue weighted by molar-refractivity contribution is 0.154. The Morgan fingerprint density at radius 2 is 2.18 bits per heavy atom. The van der Waals surface area contributed by atoms with Crippen molar-refractivity contribution in [2.24, 2.45) is 7.05 Å². The van der Waals surface area contributed by atoms with Gasteiger partial charge in [-0.25, -0.2) is 4.68 Å². The van der Waals surface area contributed by atoms with Crippen LogP contribution < -0.4 is 0 Å². The minimum absolute atomic E-state index is 0.563. The molecular weight excluding hydrogens is 146 g/mol. The van der Waals surface area contributed by atoms with Gasteiger partial charge in [0.1, 0.15) is 0 Å². The molecule has 0 spiro atoms. The third kappa shape index (κ3) is 0.631. The van der Waals surface area contributed by atoms with Crippen LogP contribution in [0.1, 0.15) is 5.69 Å². The van der Waals surface area contributed by atoms with Gasteiger partial charge in [-0.3, -0.25) is 0 Å². The van der Waals surface area contributed by atoms with E-state index < -0.39 is 0 Å². The molecule has 2 rings (SSSR count). The van der Waals surface area contributed by atoms with E-state index in [1.807, 2.05) is 0 Å². The van der Waals surface area contributed by atoms with Crippen LogP contribution in [0.15, 0.2) is 0 Å². The highest BCUT2D eigenvalue weighted by Gasteiger charge is 2.11. The van der Waals surface area contributed by atoms with Crippen LogP contribution in [-0.2, 0) is 7.05 Å². The van der Waals surface area contributed by atoms with Crippen molar-refractivity contribution in [1.29, 1.82) is 0 Å². The van der Waals surface area contributed by atoms with Gasteiger partial charge in [0, 0.05) is 7.05 Å². The van der Waals surface area contributed by atoms with Crippen molar-refractivity contribution < 1.29 is 5.21 Å². The van der Waals surface area contributed by atoms with E-state index in [0.29, 0.717) is 11.2 Å². The first kappa shape index (κ1) is 6.14. The summed E-state index contributed by atoms with van der Waals surface area (Å²) in [5, 5.41) is 20.3. The number of fused-ring (bicyclic) bond motifs is 1. The Morgan fingerprint density at radius 1 is 1.45 bits per heavy atom. The van der Waals surface area contributed by atoms with Crippen molar-refractivity contribution in [1.82, 2.24) is 24.9 Å². The van der Waals surface area contributed by atoms with Gasteiger partial charge >= 0.3 is 0 Å². The zero-order chi connectivity index (χ0) is 8.01. The van der Waals surface area contributed by atoms with Gasteiger partial charge < -0.3 is 5.21 Å². The molecule has 58 valence electrons. The molecule has 2 heterocycles. The van der Waals surface area contributed by atoms with Gasteiger partial charge in [-0.05, 0) is 12.1 Å². The Balaban J connectivity index is 2.98. The molecule has 0 aromatic carbocycles. The van der Waals surface area contributed by atoms with Crippen LogP contribution >= 0.6 is 0 Å². The normalized spacial score (nSPS) is 11.1. The Kier molecular flexibility index (Phi) is 0.957. The van der Waals surface area contributed by atoms with Crippen LogP contribution in [0, 0.1) is 6.92 Å². The first-order valence-corrected chi connectivity index (χ1v) is 3.14. The van der Waals surface area contributed by atoms with Gasteiger partial charge in [-0.2, -0.15) is 5.10 Å². The van der Waals surface area contributed by atoms with Gasteiger partial charge in [0.25, 0.3) is 0 Å². The molecule has 0 fully saturated rings. The first-order chi connectivity index (χ1) is 5.20. The monoisotopic (exact) mass is 153 g/mol. The van der Waals surface area contributed by atoms with Crippen molar-refractivity contribution in [3.8, 4) is 0 Å². The summed E-state index contributed by atoms with van der Waals surface area (Å²) >= 11 is 0. The van der Waals surface area contributed by atoms with E-state index in [2.05, 4.69) is 15.4 Å². The highest BCUT2D eigenvalue weighted by molar-refractivity contribution is 5.72. The lowest BCUT2D eigenvalue weighted by atomic mass is 10.4. The summed E-state index contributed by atoms with van der Waals surface area (Å²) in [6.07, 6.45) is 0. The van der Waals surface area contributed by atoms with Crippen LogP contribution in [0.4, 0.5) is 0 Å². The fourth-order valence-corrected chi connectivity index (χ4v) is 1.11. The molecule has 0 saturated heterocycles. The van der Waals surface area contributed by atoms with Gasteiger partial charge in [0.05, 0.1) is 5.69 Å². The molecule has 1 N–H and O–H groups in total. The molecular formula is C5H7N5O. The molecule has 2 aromatic rings. The van der Waals surface area contributed by atoms with Crippen molar-refractivity contribution in [3.63, 3.8) is 0 Å². The van der Waals surface area contributed by atoms with Crippen LogP contribution in [-0.4, -0.2) is 30.1 Å². The summed E-state index contributed by atoms with van der Waals surface area (Å²) < 4.78 is 1.57. The van der Waals surface area contributed by atoms with Crippen molar-refractivity contribution >= 4 is 11.2 Å². The lowest BCUT2D eigenvalue weighted by Crippen LogP contribution is -1.94. The Morgan fingerprint density at radius 3 is 2.82 bits per heavy atom. The quantitative estimate of drug-likeness (QED) is 0.528. The van der Waals surface area contributed by atoms with Crippen LogP contribution in [0.5, 0.6) is 0 Å². The average Bonchev–Trinajstić information content (AvgIpc) is 2.41. The predicted molar refractivity (Wildman–Crippen MR) is 36.2 cm³/mol. The fourth-order valence-electron chi connectivity index (χ4n) is 1.11. The average molecular weight is 153 g/mol. The molecule has 0 amide bonds. The summed E-state index contributed by atoms with van der Waals surface area (Å²) in [5.41, 5.74) is 1.87. The largest absolute Gasteiger partial charge is 0.410 e. The third-order valence-corrected chi connectivity index (χ3v) is 1.59. The standard InChI is InChI=1S/C5H7N5O/c1-3-4-5(9(2)7-3)6-8-10(4)11/h11H,1-2H3. The zero-order valence-corrected chi connectivity index (χ0v) is 6.18. The first-order valence-electron chi connectivity index (χ1n) is 3.14. The van der Waals surface area contributed by atoms with Crippen molar-refractivity contribution in [3.05, 3.63) is 5.69 Å². The maximum Gasteiger partial charge on any atom is 0.204 e. The van der Waals surface area contributed by atoms with E-state index in [1.165, 1.54) is 0 Å². The SMILES string of the molecule is Cc1nn(C)c2nnn(O)c12. The van der Waals surface area contributed by atoms with Gasteiger partial charge in [0.2, 0.25) is 5.65 Å². The van der Waals surface area contributed by atoms with E-state index in [1.54, 1.807) is 18.7 Å². The second-order valence-electron chi connectivity index (χ2n) is 2.36. The number of nitrogens with zero attached hydrogens (tertiary/aromatic N) is 5. The van der Waals surface area contributed by atoms with E-state index in [9.17, 15) is 0 Å². The fraction of sp³-hybridized carbons (Fsp3) is 0.400. The Hall–Kier alpha value is -1.59. The molecule has 6 nitrogen and oxygen atoms in total. The number of hydrogen-bond acceptors (Lipinski definition) is 4. The predicted octanol–water partition coefficient (Wildman–Crippen LogP) is -0.289. The minimum Gasteiger partial charge on any atom is -0.410 e. The third-order valence-electron chi connectivity index (χ3n) is 1.59. The van der Waals surface area contributed by atoms with E-state index >= 15 is 0 Å². The van der Waals surface area contributed by atoms with Crippen molar-refractivity contribution in [2.45, 2.75) is 6.92 Å². The second-order valence-corrected chi connectivity index (χ2v) is 2.36. The zero-order valence-electron chi connectivity index (χ0n) is 6.18. The van der Waals surface area contributed by atoms with Gasteiger partial charge in [0.15, 0.2) is 5.52 Å². The summed E-state index contributed by atoms with van der Waals surface area (Å²) in [6, 6.07) is 0. The molecule has 0 aliphatic carbocycles. The maximum absolute atomic E-state index is 9.10. The highest BCUT2D eigenvalue weighted by atomic mass is 16.5. The topological polar surface area (TPSA) is 68.8 Å². The molecule has 0 saturated carbocycles. The molecule has 2 aromatic heterocycles. The second kappa shape index (κ2) is 1.71. The molecule has 0 aliphatic heterocycles. The molecule has 0 atom stereocenters. The number of hydrogen-bond donors (Lipinski definition) is 1. The molecule has 0 radical (unpaired) electrons. The number of aromatic nitrogens is 5. The van der Waals surface area contributed by atoms with Crippen LogP contribution in [0.3, 0.4) is 0 Å². The molecule has 0 unspecified atom stereocenters. The number of rotatable bonds is 0. The van der Waals surface area contributed by atoms with Crippen LogP contribution in [0.2, 0.25) is 0 Å². The minimum atomic E-state index is 0.563. The van der Waals surface area contributed by atoms with E-state index in [-0.39, 0.29) is 0 Å². The molecule has 11 heavy (non-hydrogen) atoms. The molecule has 0 bridgehead atoms. The highest BCUT2D eigenvalue weighted by Crippen LogP contribution is 2.11. The summed E-state index contributed by atoms with van der Waals surface area (Å²) in [6.45, 7) is 1.79. The Labute approximate surface area is 62.0 Å². The van der Waals surface area contributed by atoms with Gasteiger partial charge in [-0.15, -0.1) is 5.10 Å². The van der Waals surface area contributed by atoms with E-state index in [0.717, 1.165) is 10.5 Å². The molecule has 0 aliphatic rings. The maximum atomic E-state index is 9.10. The Bertz CT molecular complexity index is 400. The summed E-state index contributed by atoms with van der Waals surface area (Å²) in [7, 11) is 1.75. The molecule has 6 heteroatoms. The number of aryl methyl sites for hydroxylation is 2. The summed E-state index contributed by atoms with van der Waals surface area (Å²) in [4.78, 5) is 0.734. The van der Waals surface area contributed by atoms with Crippen molar-refractivity contribution in [2.75, 3.05) is 0 Å². The summed E-state index contributed by atoms with van der Waals surface area (Å²) in [5.74, 6) is 0. The van der Waals surface area contributed by atoms with Crippen LogP contribution in [0.25, 0.3) is 11.2 Å². The van der Waals surface area contributed by atoms with Gasteiger partial charge in [-0.1, -0.05) is 4.85 Å². The lowest BCUT2D eigenvalue weighted by Gasteiger charge is -1.84.